The average Bonchev–Trinajstić information content (AvgIpc) is 2.95. The van der Waals surface area contributed by atoms with Crippen LogP contribution in [0, 0.1) is 0 Å². The van der Waals surface area contributed by atoms with Crippen LogP contribution in [0.25, 0.3) is 0 Å². The zero-order chi connectivity index (χ0) is 17.1. The van der Waals surface area contributed by atoms with E-state index in [2.05, 4.69) is 5.32 Å². The maximum atomic E-state index is 12.3. The van der Waals surface area contributed by atoms with Crippen LogP contribution in [-0.2, 0) is 4.79 Å². The van der Waals surface area contributed by atoms with Crippen molar-refractivity contribution < 1.29 is 14.3 Å². The molecule has 1 heterocycles. The number of halogens is 1. The molecule has 124 valence electrons. The van der Waals surface area contributed by atoms with E-state index in [1.807, 2.05) is 18.2 Å². The van der Waals surface area contributed by atoms with Gasteiger partial charge in [0.05, 0.1) is 13.2 Å². The summed E-state index contributed by atoms with van der Waals surface area (Å²) in [6, 6.07) is 13.8. The normalized spacial score (nSPS) is 17.0. The molecule has 1 fully saturated rings. The Morgan fingerprint density at radius 2 is 2.04 bits per heavy atom. The maximum Gasteiger partial charge on any atom is 0.251 e. The van der Waals surface area contributed by atoms with Crippen molar-refractivity contribution in [2.45, 2.75) is 12.5 Å². The van der Waals surface area contributed by atoms with Crippen molar-refractivity contribution in [3.8, 4) is 5.75 Å². The number of hydrogen-bond donors (Lipinski definition) is 1. The first-order valence-electron chi connectivity index (χ1n) is 7.57. The summed E-state index contributed by atoms with van der Waals surface area (Å²) >= 11 is 5.91. The van der Waals surface area contributed by atoms with E-state index in [1.54, 1.807) is 42.3 Å². The van der Waals surface area contributed by atoms with E-state index in [-0.39, 0.29) is 24.3 Å². The van der Waals surface area contributed by atoms with E-state index >= 15 is 0 Å². The summed E-state index contributed by atoms with van der Waals surface area (Å²) in [4.78, 5) is 26.2. The Balaban J connectivity index is 1.69. The lowest BCUT2D eigenvalue weighted by Crippen LogP contribution is -2.37. The first-order valence-corrected chi connectivity index (χ1v) is 7.95. The molecule has 24 heavy (non-hydrogen) atoms. The molecule has 5 nitrogen and oxygen atoms in total. The second-order valence-corrected chi connectivity index (χ2v) is 6.03. The molecule has 1 N–H and O–H groups in total. The molecule has 2 aromatic rings. The molecule has 1 aliphatic heterocycles. The van der Waals surface area contributed by atoms with E-state index in [1.165, 1.54) is 0 Å². The number of benzene rings is 2. The van der Waals surface area contributed by atoms with Gasteiger partial charge in [-0.1, -0.05) is 23.7 Å². The van der Waals surface area contributed by atoms with E-state index in [4.69, 9.17) is 16.3 Å². The van der Waals surface area contributed by atoms with Gasteiger partial charge < -0.3 is 15.0 Å². The van der Waals surface area contributed by atoms with Crippen molar-refractivity contribution in [1.82, 2.24) is 5.32 Å². The molecule has 1 saturated heterocycles. The van der Waals surface area contributed by atoms with Crippen LogP contribution in [0.5, 0.6) is 5.75 Å². The van der Waals surface area contributed by atoms with Crippen molar-refractivity contribution in [2.75, 3.05) is 18.6 Å². The molecule has 0 spiro atoms. The van der Waals surface area contributed by atoms with Crippen LogP contribution < -0.4 is 15.0 Å². The van der Waals surface area contributed by atoms with Crippen molar-refractivity contribution in [3.05, 3.63) is 59.1 Å². The van der Waals surface area contributed by atoms with Crippen LogP contribution in [0.4, 0.5) is 5.69 Å². The summed E-state index contributed by atoms with van der Waals surface area (Å²) in [6.45, 7) is 0.429. The number of amides is 2. The second kappa shape index (κ2) is 6.93. The Morgan fingerprint density at radius 3 is 2.79 bits per heavy atom. The fourth-order valence-corrected chi connectivity index (χ4v) is 2.92. The average molecular weight is 345 g/mol. The first-order chi connectivity index (χ1) is 11.6. The van der Waals surface area contributed by atoms with Gasteiger partial charge >= 0.3 is 0 Å². The number of hydrogen-bond acceptors (Lipinski definition) is 3. The topological polar surface area (TPSA) is 58.6 Å². The van der Waals surface area contributed by atoms with E-state index < -0.39 is 0 Å². The number of methoxy groups -OCH3 is 1. The molecule has 2 aromatic carbocycles. The molecule has 3 rings (SSSR count). The largest absolute Gasteiger partial charge is 0.497 e. The Bertz CT molecular complexity index is 778. The molecule has 1 aliphatic rings. The molecular weight excluding hydrogens is 328 g/mol. The van der Waals surface area contributed by atoms with Gasteiger partial charge in [-0.05, 0) is 30.3 Å². The predicted octanol–water partition coefficient (Wildman–Crippen LogP) is 2.88. The number of carbonyl (C=O) groups excluding carboxylic acids is 2. The van der Waals surface area contributed by atoms with Crippen LogP contribution in [0.2, 0.25) is 5.02 Å². The first kappa shape index (κ1) is 16.3. The van der Waals surface area contributed by atoms with Gasteiger partial charge in [-0.3, -0.25) is 9.59 Å². The summed E-state index contributed by atoms with van der Waals surface area (Å²) in [5.41, 5.74) is 1.24. The molecule has 0 aromatic heterocycles. The molecular formula is C18H17ClN2O3. The highest BCUT2D eigenvalue weighted by atomic mass is 35.5. The van der Waals surface area contributed by atoms with Crippen LogP contribution >= 0.6 is 11.6 Å². The summed E-state index contributed by atoms with van der Waals surface area (Å²) in [5, 5.41) is 3.39. The zero-order valence-electron chi connectivity index (χ0n) is 13.2. The van der Waals surface area contributed by atoms with Gasteiger partial charge in [-0.2, -0.15) is 0 Å². The molecule has 0 bridgehead atoms. The number of nitrogens with zero attached hydrogens (tertiary/aromatic N) is 1. The van der Waals surface area contributed by atoms with Gasteiger partial charge in [0.25, 0.3) is 5.91 Å². The van der Waals surface area contributed by atoms with Crippen molar-refractivity contribution >= 4 is 29.1 Å². The minimum Gasteiger partial charge on any atom is -0.497 e. The van der Waals surface area contributed by atoms with Crippen molar-refractivity contribution in [3.63, 3.8) is 0 Å². The lowest BCUT2D eigenvalue weighted by molar-refractivity contribution is -0.117. The standard InChI is InChI=1S/C18H17ClN2O3/c1-24-16-7-3-6-15(10-16)21-11-14(9-17(21)22)20-18(23)12-4-2-5-13(19)8-12/h2-8,10,14H,9,11H2,1H3,(H,20,23)/t14-/m1/s1. The SMILES string of the molecule is COc1cccc(N2C[C@H](NC(=O)c3cccc(Cl)c3)CC2=O)c1. The number of ether oxygens (including phenoxy) is 1. The highest BCUT2D eigenvalue weighted by molar-refractivity contribution is 6.30. The second-order valence-electron chi connectivity index (χ2n) is 5.59. The number of carbonyl (C=O) groups is 2. The fourth-order valence-electron chi connectivity index (χ4n) is 2.73. The van der Waals surface area contributed by atoms with Crippen LogP contribution in [0.15, 0.2) is 48.5 Å². The summed E-state index contributed by atoms with van der Waals surface area (Å²) in [7, 11) is 1.58. The van der Waals surface area contributed by atoms with Crippen molar-refractivity contribution in [1.29, 1.82) is 0 Å². The number of anilines is 1. The smallest absolute Gasteiger partial charge is 0.251 e. The van der Waals surface area contributed by atoms with E-state index in [0.717, 1.165) is 5.69 Å². The lowest BCUT2D eigenvalue weighted by atomic mass is 10.2. The monoisotopic (exact) mass is 344 g/mol. The Hall–Kier alpha value is -2.53. The predicted molar refractivity (Wildman–Crippen MR) is 92.7 cm³/mol. The van der Waals surface area contributed by atoms with Gasteiger partial charge in [0.2, 0.25) is 5.91 Å². The van der Waals surface area contributed by atoms with Crippen molar-refractivity contribution in [2.24, 2.45) is 0 Å². The molecule has 0 radical (unpaired) electrons. The summed E-state index contributed by atoms with van der Waals surface area (Å²) < 4.78 is 5.19. The highest BCUT2D eigenvalue weighted by Gasteiger charge is 2.31. The van der Waals surface area contributed by atoms with Gasteiger partial charge in [0, 0.05) is 35.3 Å². The third-order valence-electron chi connectivity index (χ3n) is 3.91. The minimum atomic E-state index is -0.241. The highest BCUT2D eigenvalue weighted by Crippen LogP contribution is 2.25. The van der Waals surface area contributed by atoms with Gasteiger partial charge in [0.1, 0.15) is 5.75 Å². The molecule has 2 amide bonds. The van der Waals surface area contributed by atoms with Gasteiger partial charge in [0.15, 0.2) is 0 Å². The van der Waals surface area contributed by atoms with Gasteiger partial charge in [-0.15, -0.1) is 0 Å². The van der Waals surface area contributed by atoms with Crippen LogP contribution in [-0.4, -0.2) is 31.5 Å². The molecule has 1 atom stereocenters. The fraction of sp³-hybridized carbons (Fsp3) is 0.222. The number of rotatable bonds is 4. The molecule has 0 unspecified atom stereocenters. The molecule has 6 heteroatoms. The lowest BCUT2D eigenvalue weighted by Gasteiger charge is -2.18. The maximum absolute atomic E-state index is 12.3. The third kappa shape index (κ3) is 3.51. The molecule has 0 saturated carbocycles. The number of nitrogens with one attached hydrogen (secondary N) is 1. The minimum absolute atomic E-state index is 0.0281. The van der Waals surface area contributed by atoms with Gasteiger partial charge in [-0.25, -0.2) is 0 Å². The summed E-state index contributed by atoms with van der Waals surface area (Å²) in [5.74, 6) is 0.425. The third-order valence-corrected chi connectivity index (χ3v) is 4.15. The summed E-state index contributed by atoms with van der Waals surface area (Å²) in [6.07, 6.45) is 0.267. The Morgan fingerprint density at radius 1 is 1.25 bits per heavy atom. The molecule has 0 aliphatic carbocycles. The quantitative estimate of drug-likeness (QED) is 0.927. The van der Waals surface area contributed by atoms with E-state index in [9.17, 15) is 9.59 Å². The Kier molecular flexibility index (Phi) is 4.71. The van der Waals surface area contributed by atoms with Crippen LogP contribution in [0.3, 0.4) is 0 Å². The zero-order valence-corrected chi connectivity index (χ0v) is 13.9. The van der Waals surface area contributed by atoms with E-state index in [0.29, 0.717) is 22.9 Å². The van der Waals surface area contributed by atoms with Crippen LogP contribution in [0.1, 0.15) is 16.8 Å². The Labute approximate surface area is 145 Å².